The molecule has 0 unspecified atom stereocenters. The van der Waals surface area contributed by atoms with Crippen LogP contribution in [0.5, 0.6) is 5.75 Å². The van der Waals surface area contributed by atoms with Gasteiger partial charge in [-0.25, -0.2) is 0 Å². The molecule has 0 saturated heterocycles. The lowest BCUT2D eigenvalue weighted by Gasteiger charge is -2.07. The number of carbonyl (C=O) groups is 1. The normalized spacial score (nSPS) is 10.5. The molecule has 1 N–H and O–H groups in total. The Bertz CT molecular complexity index is 839. The van der Waals surface area contributed by atoms with Crippen LogP contribution in [0.1, 0.15) is 0 Å². The smallest absolute Gasteiger partial charge is 0.230 e. The SMILES string of the molecule is Cn1c(SCC(=O)NCCOc2ccccc2)nnc1-c1ccncc1. The van der Waals surface area contributed by atoms with Gasteiger partial charge in [-0.2, -0.15) is 0 Å². The number of benzene rings is 1. The summed E-state index contributed by atoms with van der Waals surface area (Å²) in [5.74, 6) is 1.73. The molecule has 3 aromatic rings. The van der Waals surface area contributed by atoms with E-state index in [9.17, 15) is 4.79 Å². The third-order valence-corrected chi connectivity index (χ3v) is 4.56. The van der Waals surface area contributed by atoms with Gasteiger partial charge in [0.1, 0.15) is 12.4 Å². The maximum absolute atomic E-state index is 12.0. The number of para-hydroxylation sites is 1. The number of amides is 1. The average Bonchev–Trinajstić information content (AvgIpc) is 3.05. The zero-order valence-corrected chi connectivity index (χ0v) is 15.1. The van der Waals surface area contributed by atoms with Gasteiger partial charge in [-0.3, -0.25) is 9.78 Å². The molecule has 2 heterocycles. The molecule has 0 aliphatic heterocycles. The van der Waals surface area contributed by atoms with Crippen molar-refractivity contribution in [1.29, 1.82) is 0 Å². The van der Waals surface area contributed by atoms with Crippen molar-refractivity contribution in [3.63, 3.8) is 0 Å². The van der Waals surface area contributed by atoms with Crippen molar-refractivity contribution in [2.24, 2.45) is 7.05 Å². The number of nitrogens with one attached hydrogen (secondary N) is 1. The van der Waals surface area contributed by atoms with Gasteiger partial charge in [0.05, 0.1) is 12.3 Å². The first-order valence-corrected chi connectivity index (χ1v) is 9.10. The van der Waals surface area contributed by atoms with E-state index in [0.717, 1.165) is 17.1 Å². The van der Waals surface area contributed by atoms with E-state index < -0.39 is 0 Å². The molecule has 3 rings (SSSR count). The van der Waals surface area contributed by atoms with Gasteiger partial charge in [0.15, 0.2) is 11.0 Å². The van der Waals surface area contributed by atoms with E-state index in [2.05, 4.69) is 20.5 Å². The first-order chi connectivity index (χ1) is 12.7. The Kier molecular flexibility index (Phi) is 6.21. The van der Waals surface area contributed by atoms with Crippen LogP contribution in [-0.2, 0) is 11.8 Å². The highest BCUT2D eigenvalue weighted by Gasteiger charge is 2.12. The minimum atomic E-state index is -0.0693. The molecule has 8 heteroatoms. The highest BCUT2D eigenvalue weighted by atomic mass is 32.2. The fourth-order valence-electron chi connectivity index (χ4n) is 2.25. The Hall–Kier alpha value is -2.87. The maximum Gasteiger partial charge on any atom is 0.230 e. The van der Waals surface area contributed by atoms with Gasteiger partial charge in [0, 0.05) is 25.0 Å². The second-order valence-electron chi connectivity index (χ2n) is 5.40. The molecule has 0 fully saturated rings. The molecule has 26 heavy (non-hydrogen) atoms. The molecule has 0 atom stereocenters. The lowest BCUT2D eigenvalue weighted by Crippen LogP contribution is -2.29. The summed E-state index contributed by atoms with van der Waals surface area (Å²) in [4.78, 5) is 16.0. The predicted molar refractivity (Wildman–Crippen MR) is 99.9 cm³/mol. The van der Waals surface area contributed by atoms with Gasteiger partial charge in [-0.15, -0.1) is 10.2 Å². The van der Waals surface area contributed by atoms with Crippen LogP contribution in [0.15, 0.2) is 60.0 Å². The number of ether oxygens (including phenoxy) is 1. The lowest BCUT2D eigenvalue weighted by molar-refractivity contribution is -0.118. The standard InChI is InChI=1S/C18H19N5O2S/c1-23-17(14-7-9-19-10-8-14)21-22-18(23)26-13-16(24)20-11-12-25-15-5-3-2-4-6-15/h2-10H,11-13H2,1H3,(H,20,24). The number of hydrogen-bond donors (Lipinski definition) is 1. The van der Waals surface area contributed by atoms with E-state index in [1.54, 1.807) is 12.4 Å². The third-order valence-electron chi connectivity index (χ3n) is 3.54. The van der Waals surface area contributed by atoms with Gasteiger partial charge < -0.3 is 14.6 Å². The Morgan fingerprint density at radius 3 is 2.69 bits per heavy atom. The number of hydrogen-bond acceptors (Lipinski definition) is 6. The van der Waals surface area contributed by atoms with Crippen LogP contribution in [0.25, 0.3) is 11.4 Å². The first kappa shape index (κ1) is 17.9. The van der Waals surface area contributed by atoms with Crippen molar-refractivity contribution < 1.29 is 9.53 Å². The fourth-order valence-corrected chi connectivity index (χ4v) is 2.99. The average molecular weight is 369 g/mol. The largest absolute Gasteiger partial charge is 0.492 e. The lowest BCUT2D eigenvalue weighted by atomic mass is 10.2. The van der Waals surface area contributed by atoms with Crippen LogP contribution in [-0.4, -0.2) is 44.6 Å². The quantitative estimate of drug-likeness (QED) is 0.484. The molecule has 0 aliphatic rings. The highest BCUT2D eigenvalue weighted by Crippen LogP contribution is 2.21. The minimum absolute atomic E-state index is 0.0693. The maximum atomic E-state index is 12.0. The molecular formula is C18H19N5O2S. The summed E-state index contributed by atoms with van der Waals surface area (Å²) in [7, 11) is 1.88. The highest BCUT2D eigenvalue weighted by molar-refractivity contribution is 7.99. The minimum Gasteiger partial charge on any atom is -0.492 e. The van der Waals surface area contributed by atoms with Gasteiger partial charge in [0.2, 0.25) is 5.91 Å². The fraction of sp³-hybridized carbons (Fsp3) is 0.222. The summed E-state index contributed by atoms with van der Waals surface area (Å²) < 4.78 is 7.40. The van der Waals surface area contributed by atoms with Crippen molar-refractivity contribution >= 4 is 17.7 Å². The summed E-state index contributed by atoms with van der Waals surface area (Å²) >= 11 is 1.35. The molecule has 134 valence electrons. The second kappa shape index (κ2) is 9.00. The summed E-state index contributed by atoms with van der Waals surface area (Å²) in [6.45, 7) is 0.881. The van der Waals surface area contributed by atoms with E-state index in [1.807, 2.05) is 54.1 Å². The zero-order chi connectivity index (χ0) is 18.2. The molecule has 2 aromatic heterocycles. The van der Waals surface area contributed by atoms with Gasteiger partial charge >= 0.3 is 0 Å². The molecule has 0 spiro atoms. The van der Waals surface area contributed by atoms with E-state index in [0.29, 0.717) is 18.3 Å². The molecule has 0 radical (unpaired) electrons. The summed E-state index contributed by atoms with van der Waals surface area (Å²) in [5, 5.41) is 11.9. The Morgan fingerprint density at radius 2 is 1.92 bits per heavy atom. The summed E-state index contributed by atoms with van der Waals surface area (Å²) in [6, 6.07) is 13.3. The van der Waals surface area contributed by atoms with E-state index in [4.69, 9.17) is 4.74 Å². The van der Waals surface area contributed by atoms with E-state index in [1.165, 1.54) is 11.8 Å². The zero-order valence-electron chi connectivity index (χ0n) is 14.3. The number of pyridine rings is 1. The third kappa shape index (κ3) is 4.82. The van der Waals surface area contributed by atoms with Crippen LogP contribution < -0.4 is 10.1 Å². The number of thioether (sulfide) groups is 1. The van der Waals surface area contributed by atoms with Crippen molar-refractivity contribution in [1.82, 2.24) is 25.1 Å². The number of nitrogens with zero attached hydrogens (tertiary/aromatic N) is 4. The Morgan fingerprint density at radius 1 is 1.15 bits per heavy atom. The molecule has 1 amide bonds. The van der Waals surface area contributed by atoms with E-state index >= 15 is 0 Å². The van der Waals surface area contributed by atoms with E-state index in [-0.39, 0.29) is 11.7 Å². The van der Waals surface area contributed by atoms with Crippen molar-refractivity contribution in [3.05, 3.63) is 54.9 Å². The monoisotopic (exact) mass is 369 g/mol. The molecular weight excluding hydrogens is 350 g/mol. The van der Waals surface area contributed by atoms with Crippen LogP contribution in [0.2, 0.25) is 0 Å². The van der Waals surface area contributed by atoms with Crippen LogP contribution in [0, 0.1) is 0 Å². The van der Waals surface area contributed by atoms with Crippen LogP contribution in [0.3, 0.4) is 0 Å². The second-order valence-corrected chi connectivity index (χ2v) is 6.34. The number of rotatable bonds is 8. The van der Waals surface area contributed by atoms with Crippen molar-refractivity contribution in [2.45, 2.75) is 5.16 Å². The summed E-state index contributed by atoms with van der Waals surface area (Å²) in [5.41, 5.74) is 0.935. The van der Waals surface area contributed by atoms with Crippen LogP contribution in [0.4, 0.5) is 0 Å². The van der Waals surface area contributed by atoms with Gasteiger partial charge in [-0.05, 0) is 24.3 Å². The molecule has 1 aromatic carbocycles. The van der Waals surface area contributed by atoms with Gasteiger partial charge in [0.25, 0.3) is 0 Å². The van der Waals surface area contributed by atoms with Crippen LogP contribution >= 0.6 is 11.8 Å². The van der Waals surface area contributed by atoms with Gasteiger partial charge in [-0.1, -0.05) is 30.0 Å². The topological polar surface area (TPSA) is 81.9 Å². The molecule has 0 saturated carbocycles. The first-order valence-electron chi connectivity index (χ1n) is 8.11. The number of carbonyl (C=O) groups excluding carboxylic acids is 1. The molecule has 0 aliphatic carbocycles. The molecule has 0 bridgehead atoms. The van der Waals surface area contributed by atoms with Crippen molar-refractivity contribution in [3.8, 4) is 17.1 Å². The van der Waals surface area contributed by atoms with Crippen molar-refractivity contribution in [2.75, 3.05) is 18.9 Å². The predicted octanol–water partition coefficient (Wildman–Crippen LogP) is 2.16. The number of aromatic nitrogens is 4. The molecule has 7 nitrogen and oxygen atoms in total. The Labute approximate surface area is 155 Å². The Balaban J connectivity index is 1.43. The summed E-state index contributed by atoms with van der Waals surface area (Å²) in [6.07, 6.45) is 3.42.